The minimum absolute atomic E-state index is 0.0336. The molecular formula is C22H24ClN3O2S. The smallest absolute Gasteiger partial charge is 0.187 e. The van der Waals surface area contributed by atoms with Crippen molar-refractivity contribution >= 4 is 29.1 Å². The van der Waals surface area contributed by atoms with Crippen molar-refractivity contribution in [3.8, 4) is 0 Å². The molecule has 0 aliphatic carbocycles. The second-order valence-electron chi connectivity index (χ2n) is 7.20. The molecule has 2 atom stereocenters. The van der Waals surface area contributed by atoms with Crippen molar-refractivity contribution < 1.29 is 9.47 Å². The first-order valence-electron chi connectivity index (χ1n) is 9.61. The van der Waals surface area contributed by atoms with E-state index in [9.17, 15) is 0 Å². The zero-order valence-electron chi connectivity index (χ0n) is 16.0. The quantitative estimate of drug-likeness (QED) is 0.417. The molecule has 1 saturated heterocycles. The zero-order chi connectivity index (χ0) is 20.1. The maximum absolute atomic E-state index is 6.47. The molecule has 0 bridgehead atoms. The van der Waals surface area contributed by atoms with Gasteiger partial charge in [-0.15, -0.1) is 11.8 Å². The zero-order valence-corrected chi connectivity index (χ0v) is 17.6. The molecule has 2 aromatic carbocycles. The van der Waals surface area contributed by atoms with Crippen LogP contribution in [0.4, 0.5) is 5.69 Å². The third-order valence-corrected chi connectivity index (χ3v) is 6.32. The van der Waals surface area contributed by atoms with Crippen LogP contribution in [-0.4, -0.2) is 33.8 Å². The highest BCUT2D eigenvalue weighted by Gasteiger charge is 2.41. The lowest BCUT2D eigenvalue weighted by Gasteiger charge is -2.28. The number of anilines is 1. The average Bonchev–Trinajstić information content (AvgIpc) is 3.38. The topological polar surface area (TPSA) is 62.3 Å². The van der Waals surface area contributed by atoms with E-state index in [-0.39, 0.29) is 6.10 Å². The molecule has 2 N–H and O–H groups in total. The Labute approximate surface area is 180 Å². The summed E-state index contributed by atoms with van der Waals surface area (Å²) in [6, 6.07) is 15.9. The van der Waals surface area contributed by atoms with Crippen LogP contribution in [0, 0.1) is 0 Å². The molecule has 1 fully saturated rings. The molecule has 7 heteroatoms. The third kappa shape index (κ3) is 5.54. The molecule has 1 aliphatic heterocycles. The summed E-state index contributed by atoms with van der Waals surface area (Å²) >= 11 is 7.76. The molecule has 4 rings (SSSR count). The Morgan fingerprint density at radius 3 is 2.69 bits per heavy atom. The number of aromatic nitrogens is 2. The summed E-state index contributed by atoms with van der Waals surface area (Å²) in [5.74, 6) is 0.170. The molecule has 5 nitrogen and oxygen atoms in total. The normalized spacial score (nSPS) is 21.5. The lowest BCUT2D eigenvalue weighted by atomic mass is 10.0. The number of halogens is 1. The predicted molar refractivity (Wildman–Crippen MR) is 117 cm³/mol. The van der Waals surface area contributed by atoms with E-state index < -0.39 is 5.79 Å². The molecule has 1 aliphatic rings. The van der Waals surface area contributed by atoms with Gasteiger partial charge in [-0.25, -0.2) is 4.98 Å². The third-order valence-electron chi connectivity index (χ3n) is 4.92. The van der Waals surface area contributed by atoms with Crippen molar-refractivity contribution in [3.63, 3.8) is 0 Å². The molecule has 0 unspecified atom stereocenters. The summed E-state index contributed by atoms with van der Waals surface area (Å²) in [7, 11) is 0. The van der Waals surface area contributed by atoms with Crippen molar-refractivity contribution in [3.05, 3.63) is 77.8 Å². The van der Waals surface area contributed by atoms with E-state index in [2.05, 4.69) is 17.1 Å². The number of rotatable bonds is 8. The Morgan fingerprint density at radius 1 is 1.17 bits per heavy atom. The largest absolute Gasteiger partial charge is 0.399 e. The predicted octanol–water partition coefficient (Wildman–Crippen LogP) is 4.66. The number of hydrogen-bond donors (Lipinski definition) is 1. The van der Waals surface area contributed by atoms with Crippen LogP contribution in [-0.2, 0) is 22.4 Å². The van der Waals surface area contributed by atoms with Gasteiger partial charge in [-0.1, -0.05) is 23.7 Å². The SMILES string of the molecule is Nc1ccc(SC[C@H]2CO[C@](CCc3ccc(Cl)cc3)(Cn3ccnc3)O2)cc1. The highest BCUT2D eigenvalue weighted by molar-refractivity contribution is 7.99. The van der Waals surface area contributed by atoms with Gasteiger partial charge >= 0.3 is 0 Å². The monoisotopic (exact) mass is 429 g/mol. The Bertz CT molecular complexity index is 903. The average molecular weight is 430 g/mol. The van der Waals surface area contributed by atoms with Gasteiger partial charge in [0.05, 0.1) is 25.6 Å². The summed E-state index contributed by atoms with van der Waals surface area (Å²) in [4.78, 5) is 5.33. The van der Waals surface area contributed by atoms with Crippen molar-refractivity contribution in [2.75, 3.05) is 18.1 Å². The van der Waals surface area contributed by atoms with Crippen LogP contribution < -0.4 is 5.73 Å². The van der Waals surface area contributed by atoms with Crippen molar-refractivity contribution in [1.29, 1.82) is 0 Å². The fourth-order valence-electron chi connectivity index (χ4n) is 3.39. The first-order chi connectivity index (χ1) is 14.1. The fraction of sp³-hybridized carbons (Fsp3) is 0.318. The Kier molecular flexibility index (Phi) is 6.45. The number of thioether (sulfide) groups is 1. The van der Waals surface area contributed by atoms with E-state index in [1.54, 1.807) is 24.3 Å². The molecule has 0 spiro atoms. The summed E-state index contributed by atoms with van der Waals surface area (Å²) in [5, 5.41) is 0.745. The minimum atomic E-state index is -0.660. The second-order valence-corrected chi connectivity index (χ2v) is 8.73. The van der Waals surface area contributed by atoms with Crippen LogP contribution >= 0.6 is 23.4 Å². The van der Waals surface area contributed by atoms with Crippen LogP contribution in [0.15, 0.2) is 72.1 Å². The first kappa shape index (κ1) is 20.3. The van der Waals surface area contributed by atoms with Gasteiger partial charge in [0.25, 0.3) is 0 Å². The van der Waals surface area contributed by atoms with Crippen molar-refractivity contribution in [2.24, 2.45) is 0 Å². The summed E-state index contributed by atoms with van der Waals surface area (Å²) in [5.41, 5.74) is 7.75. The number of imidazole rings is 1. The van der Waals surface area contributed by atoms with Gasteiger partial charge in [-0.3, -0.25) is 0 Å². The number of nitrogens with zero attached hydrogens (tertiary/aromatic N) is 2. The standard InChI is InChI=1S/C22H24ClN3O2S/c23-18-3-1-17(2-4-18)9-10-22(15-26-12-11-25-16-26)27-13-20(28-22)14-29-21-7-5-19(24)6-8-21/h1-8,11-12,16,20H,9-10,13-15,24H2/t20-,22+/m1/s1. The van der Waals surface area contributed by atoms with Gasteiger partial charge in [0, 0.05) is 40.2 Å². The van der Waals surface area contributed by atoms with Gasteiger partial charge in [0.1, 0.15) is 0 Å². The molecule has 152 valence electrons. The van der Waals surface area contributed by atoms with Gasteiger partial charge in [0.15, 0.2) is 5.79 Å². The van der Waals surface area contributed by atoms with Crippen LogP contribution in [0.2, 0.25) is 5.02 Å². The maximum atomic E-state index is 6.47. The minimum Gasteiger partial charge on any atom is -0.399 e. The van der Waals surface area contributed by atoms with E-state index in [1.165, 1.54) is 10.5 Å². The van der Waals surface area contributed by atoms with Crippen LogP contribution in [0.3, 0.4) is 0 Å². The number of hydrogen-bond acceptors (Lipinski definition) is 5. The molecule has 1 aromatic heterocycles. The summed E-state index contributed by atoms with van der Waals surface area (Å²) in [6.07, 6.45) is 7.15. The van der Waals surface area contributed by atoms with Gasteiger partial charge in [-0.2, -0.15) is 0 Å². The van der Waals surface area contributed by atoms with E-state index in [4.69, 9.17) is 26.8 Å². The van der Waals surface area contributed by atoms with Crippen molar-refractivity contribution in [1.82, 2.24) is 9.55 Å². The van der Waals surface area contributed by atoms with E-state index in [1.807, 2.05) is 47.2 Å². The summed E-state index contributed by atoms with van der Waals surface area (Å²) in [6.45, 7) is 1.20. The number of nitrogens with two attached hydrogens (primary N) is 1. The number of nitrogen functional groups attached to an aromatic ring is 1. The molecule has 29 heavy (non-hydrogen) atoms. The lowest BCUT2D eigenvalue weighted by molar-refractivity contribution is -0.180. The number of benzene rings is 2. The number of ether oxygens (including phenoxy) is 2. The molecule has 2 heterocycles. The van der Waals surface area contributed by atoms with Crippen LogP contribution in [0.25, 0.3) is 0 Å². The van der Waals surface area contributed by atoms with Gasteiger partial charge < -0.3 is 19.8 Å². The highest BCUT2D eigenvalue weighted by Crippen LogP contribution is 2.33. The van der Waals surface area contributed by atoms with Crippen LogP contribution in [0.1, 0.15) is 12.0 Å². The summed E-state index contributed by atoms with van der Waals surface area (Å²) < 4.78 is 14.7. The van der Waals surface area contributed by atoms with Gasteiger partial charge in [-0.05, 0) is 48.4 Å². The van der Waals surface area contributed by atoms with Crippen molar-refractivity contribution in [2.45, 2.75) is 36.2 Å². The second kappa shape index (κ2) is 9.22. The molecule has 0 amide bonds. The Balaban J connectivity index is 1.40. The molecule has 0 radical (unpaired) electrons. The van der Waals surface area contributed by atoms with Crippen LogP contribution in [0.5, 0.6) is 0 Å². The highest BCUT2D eigenvalue weighted by atomic mass is 35.5. The van der Waals surface area contributed by atoms with E-state index in [0.717, 1.165) is 29.3 Å². The molecule has 3 aromatic rings. The van der Waals surface area contributed by atoms with E-state index >= 15 is 0 Å². The molecular weight excluding hydrogens is 406 g/mol. The molecule has 0 saturated carbocycles. The Morgan fingerprint density at radius 2 is 1.97 bits per heavy atom. The fourth-order valence-corrected chi connectivity index (χ4v) is 4.39. The maximum Gasteiger partial charge on any atom is 0.187 e. The Hall–Kier alpha value is -1.99. The van der Waals surface area contributed by atoms with Gasteiger partial charge in [0.2, 0.25) is 0 Å². The number of aryl methyl sites for hydroxylation is 1. The van der Waals surface area contributed by atoms with E-state index in [0.29, 0.717) is 13.2 Å². The lowest BCUT2D eigenvalue weighted by Crippen LogP contribution is -2.37. The first-order valence-corrected chi connectivity index (χ1v) is 11.0.